The van der Waals surface area contributed by atoms with Crippen molar-refractivity contribution in [3.05, 3.63) is 35.4 Å². The minimum Gasteiger partial charge on any atom is -0.387 e. The first-order valence-electron chi connectivity index (χ1n) is 8.29. The molecule has 21 heavy (non-hydrogen) atoms. The zero-order chi connectivity index (χ0) is 14.7. The van der Waals surface area contributed by atoms with Crippen LogP contribution in [0.25, 0.3) is 0 Å². The van der Waals surface area contributed by atoms with Gasteiger partial charge in [-0.05, 0) is 56.6 Å². The summed E-state index contributed by atoms with van der Waals surface area (Å²) in [5.41, 5.74) is 2.40. The van der Waals surface area contributed by atoms with E-state index < -0.39 is 6.10 Å². The molecule has 1 aromatic carbocycles. The van der Waals surface area contributed by atoms with Crippen molar-refractivity contribution >= 4 is 0 Å². The molecule has 2 N–H and O–H groups in total. The topological polar surface area (TPSA) is 41.5 Å². The first kappa shape index (κ1) is 15.0. The maximum atomic E-state index is 10.3. The predicted molar refractivity (Wildman–Crippen MR) is 84.3 cm³/mol. The summed E-state index contributed by atoms with van der Waals surface area (Å²) in [6.07, 6.45) is 6.73. The van der Waals surface area contributed by atoms with Gasteiger partial charge in [0.1, 0.15) is 0 Å². The lowest BCUT2D eigenvalue weighted by molar-refractivity contribution is -0.0307. The molecule has 3 heteroatoms. The standard InChI is InChI=1S/C18H27NO2/c1-14-5-2-3-6-16(14)17(20)13-19-15-7-10-18(11-8-15)9-4-12-21-18/h2-3,5-6,15,17,19-20H,4,7-13H2,1H3. The van der Waals surface area contributed by atoms with E-state index in [1.165, 1.54) is 38.5 Å². The summed E-state index contributed by atoms with van der Waals surface area (Å²) in [4.78, 5) is 0. The van der Waals surface area contributed by atoms with Crippen molar-refractivity contribution in [1.29, 1.82) is 0 Å². The second-order valence-electron chi connectivity index (χ2n) is 6.69. The number of aliphatic hydroxyl groups is 1. The van der Waals surface area contributed by atoms with Gasteiger partial charge in [0.2, 0.25) is 0 Å². The van der Waals surface area contributed by atoms with Crippen LogP contribution in [-0.2, 0) is 4.74 Å². The Morgan fingerprint density at radius 1 is 1.29 bits per heavy atom. The molecule has 0 bridgehead atoms. The summed E-state index contributed by atoms with van der Waals surface area (Å²) < 4.78 is 5.96. The van der Waals surface area contributed by atoms with E-state index in [2.05, 4.69) is 18.3 Å². The highest BCUT2D eigenvalue weighted by molar-refractivity contribution is 5.27. The summed E-state index contributed by atoms with van der Waals surface area (Å²) >= 11 is 0. The highest BCUT2D eigenvalue weighted by Crippen LogP contribution is 2.39. The van der Waals surface area contributed by atoms with Gasteiger partial charge in [-0.3, -0.25) is 0 Å². The van der Waals surface area contributed by atoms with Gasteiger partial charge in [-0.15, -0.1) is 0 Å². The van der Waals surface area contributed by atoms with Crippen LogP contribution >= 0.6 is 0 Å². The van der Waals surface area contributed by atoms with E-state index in [0.717, 1.165) is 17.7 Å². The summed E-state index contributed by atoms with van der Waals surface area (Å²) in [6, 6.07) is 8.61. The van der Waals surface area contributed by atoms with Crippen molar-refractivity contribution < 1.29 is 9.84 Å². The maximum Gasteiger partial charge on any atom is 0.0917 e. The zero-order valence-electron chi connectivity index (χ0n) is 13.0. The molecule has 116 valence electrons. The monoisotopic (exact) mass is 289 g/mol. The summed E-state index contributed by atoms with van der Waals surface area (Å²) in [7, 11) is 0. The molecule has 1 spiro atoms. The highest BCUT2D eigenvalue weighted by Gasteiger charge is 2.38. The molecule has 1 heterocycles. The lowest BCUT2D eigenvalue weighted by Gasteiger charge is -2.37. The Kier molecular flexibility index (Phi) is 4.63. The lowest BCUT2D eigenvalue weighted by atomic mass is 9.80. The van der Waals surface area contributed by atoms with Crippen LogP contribution < -0.4 is 5.32 Å². The summed E-state index contributed by atoms with van der Waals surface area (Å²) in [5.74, 6) is 0. The van der Waals surface area contributed by atoms with E-state index in [1.807, 2.05) is 18.2 Å². The predicted octanol–water partition coefficient (Wildman–Crippen LogP) is 3.11. The van der Waals surface area contributed by atoms with Gasteiger partial charge >= 0.3 is 0 Å². The van der Waals surface area contributed by atoms with Crippen molar-refractivity contribution in [1.82, 2.24) is 5.32 Å². The first-order valence-corrected chi connectivity index (χ1v) is 8.29. The second kappa shape index (κ2) is 6.47. The number of hydrogen-bond donors (Lipinski definition) is 2. The Bertz CT molecular complexity index is 458. The first-order chi connectivity index (χ1) is 10.2. The number of benzene rings is 1. The van der Waals surface area contributed by atoms with Gasteiger partial charge in [-0.25, -0.2) is 0 Å². The van der Waals surface area contributed by atoms with E-state index in [0.29, 0.717) is 12.6 Å². The summed E-state index contributed by atoms with van der Waals surface area (Å²) in [6.45, 7) is 3.65. The second-order valence-corrected chi connectivity index (χ2v) is 6.69. The molecule has 0 aromatic heterocycles. The lowest BCUT2D eigenvalue weighted by Crippen LogP contribution is -2.42. The van der Waals surface area contributed by atoms with Crippen LogP contribution in [0.1, 0.15) is 55.8 Å². The van der Waals surface area contributed by atoms with E-state index in [1.54, 1.807) is 0 Å². The van der Waals surface area contributed by atoms with Gasteiger partial charge < -0.3 is 15.2 Å². The quantitative estimate of drug-likeness (QED) is 0.895. The molecule has 0 amide bonds. The molecule has 2 fully saturated rings. The third-order valence-corrected chi connectivity index (χ3v) is 5.23. The van der Waals surface area contributed by atoms with Crippen LogP contribution in [-0.4, -0.2) is 29.9 Å². The molecular formula is C18H27NO2. The van der Waals surface area contributed by atoms with Crippen molar-refractivity contribution in [2.45, 2.75) is 63.2 Å². The molecule has 2 aliphatic rings. The Balaban J connectivity index is 1.47. The molecule has 1 saturated heterocycles. The van der Waals surface area contributed by atoms with Crippen molar-refractivity contribution in [2.75, 3.05) is 13.2 Å². The Morgan fingerprint density at radius 3 is 2.71 bits per heavy atom. The molecule has 1 aliphatic carbocycles. The Morgan fingerprint density at radius 2 is 2.05 bits per heavy atom. The fourth-order valence-corrected chi connectivity index (χ4v) is 3.85. The van der Waals surface area contributed by atoms with Crippen molar-refractivity contribution in [2.24, 2.45) is 0 Å². The van der Waals surface area contributed by atoms with Crippen LogP contribution in [0, 0.1) is 6.92 Å². The third kappa shape index (κ3) is 3.47. The van der Waals surface area contributed by atoms with E-state index in [4.69, 9.17) is 4.74 Å². The molecule has 1 atom stereocenters. The Hall–Kier alpha value is -0.900. The van der Waals surface area contributed by atoms with Gasteiger partial charge in [0.25, 0.3) is 0 Å². The van der Waals surface area contributed by atoms with E-state index >= 15 is 0 Å². The number of rotatable bonds is 4. The van der Waals surface area contributed by atoms with Crippen LogP contribution in [0.2, 0.25) is 0 Å². The molecule has 1 aliphatic heterocycles. The number of ether oxygens (including phenoxy) is 1. The van der Waals surface area contributed by atoms with Gasteiger partial charge in [-0.1, -0.05) is 24.3 Å². The van der Waals surface area contributed by atoms with Crippen molar-refractivity contribution in [3.8, 4) is 0 Å². The summed E-state index contributed by atoms with van der Waals surface area (Å²) in [5, 5.41) is 13.9. The molecular weight excluding hydrogens is 262 g/mol. The van der Waals surface area contributed by atoms with E-state index in [-0.39, 0.29) is 5.60 Å². The normalized spacial score (nSPS) is 30.7. The fraction of sp³-hybridized carbons (Fsp3) is 0.667. The number of aryl methyl sites for hydroxylation is 1. The average Bonchev–Trinajstić information content (AvgIpc) is 2.95. The number of aliphatic hydroxyl groups excluding tert-OH is 1. The smallest absolute Gasteiger partial charge is 0.0917 e. The van der Waals surface area contributed by atoms with Crippen LogP contribution in [0.4, 0.5) is 0 Å². The molecule has 3 nitrogen and oxygen atoms in total. The minimum absolute atomic E-state index is 0.201. The molecule has 1 saturated carbocycles. The third-order valence-electron chi connectivity index (χ3n) is 5.23. The SMILES string of the molecule is Cc1ccccc1C(O)CNC1CCC2(CCCO2)CC1. The Labute approximate surface area is 127 Å². The molecule has 1 aromatic rings. The van der Waals surface area contributed by atoms with Crippen LogP contribution in [0.3, 0.4) is 0 Å². The van der Waals surface area contributed by atoms with Gasteiger partial charge in [0.15, 0.2) is 0 Å². The minimum atomic E-state index is -0.412. The molecule has 1 unspecified atom stereocenters. The highest BCUT2D eigenvalue weighted by atomic mass is 16.5. The fourth-order valence-electron chi connectivity index (χ4n) is 3.85. The van der Waals surface area contributed by atoms with E-state index in [9.17, 15) is 5.11 Å². The van der Waals surface area contributed by atoms with Crippen LogP contribution in [0.15, 0.2) is 24.3 Å². The van der Waals surface area contributed by atoms with Gasteiger partial charge in [0.05, 0.1) is 11.7 Å². The number of nitrogens with one attached hydrogen (secondary N) is 1. The average molecular weight is 289 g/mol. The van der Waals surface area contributed by atoms with Gasteiger partial charge in [0, 0.05) is 19.2 Å². The largest absolute Gasteiger partial charge is 0.387 e. The van der Waals surface area contributed by atoms with Crippen LogP contribution in [0.5, 0.6) is 0 Å². The van der Waals surface area contributed by atoms with Crippen molar-refractivity contribution in [3.63, 3.8) is 0 Å². The zero-order valence-corrected chi connectivity index (χ0v) is 13.0. The maximum absolute atomic E-state index is 10.3. The van der Waals surface area contributed by atoms with Gasteiger partial charge in [-0.2, -0.15) is 0 Å². The number of hydrogen-bond acceptors (Lipinski definition) is 3. The molecule has 0 radical (unpaired) electrons. The molecule has 3 rings (SSSR count).